The fraction of sp³-hybridized carbons (Fsp3) is 0.571. The maximum absolute atomic E-state index is 9.13. The van der Waals surface area contributed by atoms with E-state index in [1.807, 2.05) is 18.2 Å². The van der Waals surface area contributed by atoms with E-state index in [0.29, 0.717) is 0 Å². The first kappa shape index (κ1) is 16.0. The molecule has 0 spiro atoms. The van der Waals surface area contributed by atoms with Crippen molar-refractivity contribution in [1.29, 1.82) is 0 Å². The van der Waals surface area contributed by atoms with Crippen LogP contribution in [0.3, 0.4) is 0 Å². The maximum Gasteiger partial charge on any atom is 0.0446 e. The molecule has 1 rings (SSSR count). The van der Waals surface area contributed by atoms with E-state index in [0.717, 1.165) is 28.0 Å². The molecule has 1 aromatic rings. The Morgan fingerprint density at radius 3 is 2.61 bits per heavy atom. The van der Waals surface area contributed by atoms with E-state index in [1.54, 1.807) is 0 Å². The summed E-state index contributed by atoms with van der Waals surface area (Å²) in [7, 11) is 0. The van der Waals surface area contributed by atoms with Crippen molar-refractivity contribution in [2.24, 2.45) is 5.41 Å². The van der Waals surface area contributed by atoms with Crippen LogP contribution in [-0.2, 0) is 6.54 Å². The highest BCUT2D eigenvalue weighted by Gasteiger charge is 2.23. The Bertz CT molecular complexity index is 390. The van der Waals surface area contributed by atoms with Gasteiger partial charge >= 0.3 is 0 Å². The number of hydrogen-bond acceptors (Lipinski definition) is 2. The van der Waals surface area contributed by atoms with E-state index < -0.39 is 0 Å². The molecule has 0 aliphatic carbocycles. The van der Waals surface area contributed by atoms with Gasteiger partial charge in [0.1, 0.15) is 0 Å². The molecule has 2 N–H and O–H groups in total. The molecule has 0 heterocycles. The number of rotatable bonds is 5. The van der Waals surface area contributed by atoms with Crippen molar-refractivity contribution in [1.82, 2.24) is 5.32 Å². The molecular formula is C14H21BrClNO. The normalized spacial score (nSPS) is 13.7. The average molecular weight is 335 g/mol. The fourth-order valence-corrected chi connectivity index (χ4v) is 2.46. The quantitative estimate of drug-likeness (QED) is 0.853. The van der Waals surface area contributed by atoms with Crippen LogP contribution in [0.2, 0.25) is 5.02 Å². The number of aliphatic hydroxyl groups is 1. The molecule has 1 aromatic carbocycles. The maximum atomic E-state index is 9.13. The summed E-state index contributed by atoms with van der Waals surface area (Å²) in [6.45, 7) is 7.46. The second-order valence-corrected chi connectivity index (χ2v) is 6.84. The summed E-state index contributed by atoms with van der Waals surface area (Å²) in [6, 6.07) is 6.05. The lowest BCUT2D eigenvalue weighted by atomic mass is 9.85. The number of aliphatic hydroxyl groups excluding tert-OH is 1. The van der Waals surface area contributed by atoms with Gasteiger partial charge in [-0.2, -0.15) is 0 Å². The van der Waals surface area contributed by atoms with Gasteiger partial charge in [0.25, 0.3) is 0 Å². The van der Waals surface area contributed by atoms with Crippen LogP contribution in [0.25, 0.3) is 0 Å². The molecule has 0 aliphatic rings. The first-order valence-corrected chi connectivity index (χ1v) is 7.30. The van der Waals surface area contributed by atoms with Crippen LogP contribution in [-0.4, -0.2) is 17.8 Å². The summed E-state index contributed by atoms with van der Waals surface area (Å²) in [5.41, 5.74) is 1.25. The van der Waals surface area contributed by atoms with Gasteiger partial charge in [-0.1, -0.05) is 48.3 Å². The minimum Gasteiger partial charge on any atom is -0.396 e. The summed E-state index contributed by atoms with van der Waals surface area (Å²) in [5.74, 6) is 0. The van der Waals surface area contributed by atoms with Gasteiger partial charge in [0.05, 0.1) is 0 Å². The van der Waals surface area contributed by atoms with Crippen LogP contribution in [0.4, 0.5) is 0 Å². The Morgan fingerprint density at radius 2 is 2.06 bits per heavy atom. The van der Waals surface area contributed by atoms with Crippen LogP contribution in [0.5, 0.6) is 0 Å². The molecule has 0 fully saturated rings. The lowest BCUT2D eigenvalue weighted by molar-refractivity contribution is 0.196. The van der Waals surface area contributed by atoms with Crippen LogP contribution < -0.4 is 5.32 Å². The van der Waals surface area contributed by atoms with E-state index in [9.17, 15) is 0 Å². The van der Waals surface area contributed by atoms with Crippen LogP contribution >= 0.6 is 27.5 Å². The summed E-state index contributed by atoms with van der Waals surface area (Å²) in [4.78, 5) is 0. The monoisotopic (exact) mass is 333 g/mol. The highest BCUT2D eigenvalue weighted by Crippen LogP contribution is 2.24. The summed E-state index contributed by atoms with van der Waals surface area (Å²) < 4.78 is 1.05. The molecule has 1 atom stereocenters. The lowest BCUT2D eigenvalue weighted by Crippen LogP contribution is -2.40. The number of nitrogens with one attached hydrogen (secondary N) is 1. The van der Waals surface area contributed by atoms with Gasteiger partial charge in [-0.3, -0.25) is 0 Å². The third-order valence-electron chi connectivity index (χ3n) is 3.01. The molecular weight excluding hydrogens is 314 g/mol. The summed E-state index contributed by atoms with van der Waals surface area (Å²) in [5, 5.41) is 13.4. The van der Waals surface area contributed by atoms with Gasteiger partial charge in [0.2, 0.25) is 0 Å². The van der Waals surface area contributed by atoms with Crippen LogP contribution in [0, 0.1) is 5.41 Å². The van der Waals surface area contributed by atoms with Gasteiger partial charge < -0.3 is 10.4 Å². The first-order chi connectivity index (χ1) is 8.34. The molecule has 2 nitrogen and oxygen atoms in total. The molecule has 1 unspecified atom stereocenters. The third-order valence-corrected chi connectivity index (χ3v) is 4.02. The topological polar surface area (TPSA) is 32.3 Å². The highest BCUT2D eigenvalue weighted by molar-refractivity contribution is 9.10. The zero-order valence-corrected chi connectivity index (χ0v) is 13.5. The molecule has 18 heavy (non-hydrogen) atoms. The highest BCUT2D eigenvalue weighted by atomic mass is 79.9. The number of halogens is 2. The first-order valence-electron chi connectivity index (χ1n) is 6.12. The van der Waals surface area contributed by atoms with E-state index in [1.165, 1.54) is 0 Å². The molecule has 0 radical (unpaired) electrons. The lowest BCUT2D eigenvalue weighted by Gasteiger charge is -2.31. The van der Waals surface area contributed by atoms with Gasteiger partial charge in [0, 0.05) is 28.7 Å². The molecule has 0 saturated carbocycles. The van der Waals surface area contributed by atoms with Crippen molar-refractivity contribution in [3.63, 3.8) is 0 Å². The van der Waals surface area contributed by atoms with Crippen molar-refractivity contribution in [2.45, 2.75) is 39.8 Å². The predicted molar refractivity (Wildman–Crippen MR) is 80.9 cm³/mol. The van der Waals surface area contributed by atoms with E-state index in [2.05, 4.69) is 42.0 Å². The SMILES string of the molecule is CC(C)(C)C(CCO)NCc1cc(Cl)ccc1Br. The Morgan fingerprint density at radius 1 is 1.39 bits per heavy atom. The fourth-order valence-electron chi connectivity index (χ4n) is 1.88. The molecule has 102 valence electrons. The third kappa shape index (κ3) is 4.88. The molecule has 0 amide bonds. The Balaban J connectivity index is 2.70. The zero-order chi connectivity index (χ0) is 13.8. The van der Waals surface area contributed by atoms with E-state index in [4.69, 9.17) is 16.7 Å². The van der Waals surface area contributed by atoms with Gasteiger partial charge in [-0.05, 0) is 35.6 Å². The molecule has 0 aliphatic heterocycles. The smallest absolute Gasteiger partial charge is 0.0446 e. The summed E-state index contributed by atoms with van der Waals surface area (Å²) >= 11 is 9.52. The van der Waals surface area contributed by atoms with Crippen LogP contribution in [0.15, 0.2) is 22.7 Å². The van der Waals surface area contributed by atoms with Crippen molar-refractivity contribution < 1.29 is 5.11 Å². The van der Waals surface area contributed by atoms with E-state index in [-0.39, 0.29) is 18.1 Å². The second-order valence-electron chi connectivity index (χ2n) is 5.55. The van der Waals surface area contributed by atoms with Crippen molar-refractivity contribution in [3.8, 4) is 0 Å². The number of hydrogen-bond donors (Lipinski definition) is 2. The Hall–Kier alpha value is -0.0900. The second kappa shape index (κ2) is 6.90. The standard InChI is InChI=1S/C14H21BrClNO/c1-14(2,3)13(6-7-18)17-9-10-8-11(16)4-5-12(10)15/h4-5,8,13,17-18H,6-7,9H2,1-3H3. The minimum atomic E-state index is 0.119. The van der Waals surface area contributed by atoms with Crippen molar-refractivity contribution >= 4 is 27.5 Å². The largest absolute Gasteiger partial charge is 0.396 e. The molecule has 0 bridgehead atoms. The van der Waals surface area contributed by atoms with Gasteiger partial charge in [-0.15, -0.1) is 0 Å². The predicted octanol–water partition coefficient (Wildman–Crippen LogP) is 3.99. The van der Waals surface area contributed by atoms with Crippen molar-refractivity contribution in [2.75, 3.05) is 6.61 Å². The minimum absolute atomic E-state index is 0.119. The molecule has 4 heteroatoms. The van der Waals surface area contributed by atoms with Crippen molar-refractivity contribution in [3.05, 3.63) is 33.3 Å². The van der Waals surface area contributed by atoms with Gasteiger partial charge in [-0.25, -0.2) is 0 Å². The number of benzene rings is 1. The van der Waals surface area contributed by atoms with Gasteiger partial charge in [0.15, 0.2) is 0 Å². The zero-order valence-electron chi connectivity index (χ0n) is 11.1. The molecule has 0 aromatic heterocycles. The summed E-state index contributed by atoms with van der Waals surface area (Å²) in [6.07, 6.45) is 0.752. The average Bonchev–Trinajstić information content (AvgIpc) is 2.27. The Kier molecular flexibility index (Phi) is 6.12. The van der Waals surface area contributed by atoms with E-state index >= 15 is 0 Å². The molecule has 0 saturated heterocycles. The van der Waals surface area contributed by atoms with Crippen LogP contribution in [0.1, 0.15) is 32.8 Å². The Labute approximate surface area is 123 Å².